The third kappa shape index (κ3) is 3.47. The molecule has 0 aromatic heterocycles. The van der Waals surface area contributed by atoms with Crippen LogP contribution in [0, 0.1) is 0 Å². The van der Waals surface area contributed by atoms with Gasteiger partial charge in [0.05, 0.1) is 0 Å². The molecule has 18 heavy (non-hydrogen) atoms. The van der Waals surface area contributed by atoms with Crippen molar-refractivity contribution >= 4 is 11.6 Å². The second-order valence-electron chi connectivity index (χ2n) is 5.24. The summed E-state index contributed by atoms with van der Waals surface area (Å²) in [6.45, 7) is 5.53. The van der Waals surface area contributed by atoms with Crippen LogP contribution in [0.15, 0.2) is 24.3 Å². The lowest BCUT2D eigenvalue weighted by Gasteiger charge is -2.37. The molecule has 2 nitrogen and oxygen atoms in total. The van der Waals surface area contributed by atoms with Gasteiger partial charge in [-0.25, -0.2) is 0 Å². The molecule has 1 aliphatic rings. The number of rotatable bonds is 6. The normalized spacial score (nSPS) is 23.1. The van der Waals surface area contributed by atoms with E-state index in [4.69, 9.17) is 11.6 Å². The molecule has 0 unspecified atom stereocenters. The minimum atomic E-state index is 0.653. The Morgan fingerprint density at radius 1 is 1.33 bits per heavy atom. The number of nitrogens with zero attached hydrogens (tertiary/aromatic N) is 1. The van der Waals surface area contributed by atoms with Crippen LogP contribution in [0.3, 0.4) is 0 Å². The van der Waals surface area contributed by atoms with Gasteiger partial charge >= 0.3 is 0 Å². The molecule has 1 aromatic rings. The fourth-order valence-electron chi connectivity index (χ4n) is 2.46. The van der Waals surface area contributed by atoms with E-state index < -0.39 is 0 Å². The van der Waals surface area contributed by atoms with Crippen molar-refractivity contribution in [1.29, 1.82) is 0 Å². The standard InChI is InChI=1S/C15H23ClN2/c1-3-18(2)9-8-17-13-10-12(11-13)14-6-4-5-7-15(14)16/h4-7,12-13,17H,3,8-11H2,1-2H3. The quantitative estimate of drug-likeness (QED) is 0.851. The number of hydrogen-bond donors (Lipinski definition) is 1. The summed E-state index contributed by atoms with van der Waals surface area (Å²) in [5.41, 5.74) is 1.32. The molecule has 1 aliphatic carbocycles. The molecule has 0 aliphatic heterocycles. The van der Waals surface area contributed by atoms with Gasteiger partial charge in [0.15, 0.2) is 0 Å². The Hall–Kier alpha value is -0.570. The van der Waals surface area contributed by atoms with E-state index in [0.717, 1.165) is 24.7 Å². The molecule has 0 amide bonds. The molecule has 2 rings (SSSR count). The highest BCUT2D eigenvalue weighted by molar-refractivity contribution is 6.31. The monoisotopic (exact) mass is 266 g/mol. The smallest absolute Gasteiger partial charge is 0.0440 e. The summed E-state index contributed by atoms with van der Waals surface area (Å²) in [4.78, 5) is 2.33. The summed E-state index contributed by atoms with van der Waals surface area (Å²) in [7, 11) is 2.16. The van der Waals surface area contributed by atoms with E-state index in [1.807, 2.05) is 12.1 Å². The first-order chi connectivity index (χ1) is 8.70. The maximum Gasteiger partial charge on any atom is 0.0440 e. The van der Waals surface area contributed by atoms with Crippen LogP contribution in [0.5, 0.6) is 0 Å². The van der Waals surface area contributed by atoms with Crippen molar-refractivity contribution < 1.29 is 0 Å². The third-order valence-electron chi connectivity index (χ3n) is 3.95. The van der Waals surface area contributed by atoms with E-state index in [-0.39, 0.29) is 0 Å². The second kappa shape index (κ2) is 6.55. The van der Waals surface area contributed by atoms with Gasteiger partial charge in [-0.3, -0.25) is 0 Å². The Kier molecular flexibility index (Phi) is 5.04. The number of likely N-dealkylation sites (N-methyl/N-ethyl adjacent to an activating group) is 1. The minimum Gasteiger partial charge on any atom is -0.313 e. The molecule has 1 fully saturated rings. The topological polar surface area (TPSA) is 15.3 Å². The van der Waals surface area contributed by atoms with Crippen LogP contribution >= 0.6 is 11.6 Å². The van der Waals surface area contributed by atoms with Gasteiger partial charge in [0, 0.05) is 24.2 Å². The molecular formula is C15H23ClN2. The van der Waals surface area contributed by atoms with Crippen LogP contribution in [0.1, 0.15) is 31.2 Å². The summed E-state index contributed by atoms with van der Waals surface area (Å²) >= 11 is 6.22. The predicted molar refractivity (Wildman–Crippen MR) is 78.4 cm³/mol. The highest BCUT2D eigenvalue weighted by atomic mass is 35.5. The van der Waals surface area contributed by atoms with Crippen LogP contribution in [0.2, 0.25) is 5.02 Å². The van der Waals surface area contributed by atoms with Gasteiger partial charge in [-0.15, -0.1) is 0 Å². The summed E-state index contributed by atoms with van der Waals surface area (Å²) in [5, 5.41) is 4.54. The fraction of sp³-hybridized carbons (Fsp3) is 0.600. The van der Waals surface area contributed by atoms with Crippen molar-refractivity contribution in [1.82, 2.24) is 10.2 Å². The lowest BCUT2D eigenvalue weighted by molar-refractivity contribution is 0.270. The Morgan fingerprint density at radius 3 is 2.72 bits per heavy atom. The van der Waals surface area contributed by atoms with E-state index in [2.05, 4.69) is 36.3 Å². The average molecular weight is 267 g/mol. The van der Waals surface area contributed by atoms with Gasteiger partial charge in [0.2, 0.25) is 0 Å². The Morgan fingerprint density at radius 2 is 2.06 bits per heavy atom. The van der Waals surface area contributed by atoms with Crippen LogP contribution in [0.4, 0.5) is 0 Å². The SMILES string of the molecule is CCN(C)CCNC1CC(c2ccccc2Cl)C1. The molecule has 1 N–H and O–H groups in total. The maximum atomic E-state index is 6.22. The average Bonchev–Trinajstić information content (AvgIpc) is 2.33. The number of halogens is 1. The third-order valence-corrected chi connectivity index (χ3v) is 4.29. The van der Waals surface area contributed by atoms with Gasteiger partial charge in [-0.1, -0.05) is 36.7 Å². The lowest BCUT2D eigenvalue weighted by atomic mass is 9.76. The number of nitrogens with one attached hydrogen (secondary N) is 1. The zero-order valence-electron chi connectivity index (χ0n) is 11.3. The summed E-state index contributed by atoms with van der Waals surface area (Å²) < 4.78 is 0. The van der Waals surface area contributed by atoms with Crippen LogP contribution < -0.4 is 5.32 Å². The summed E-state index contributed by atoms with van der Waals surface area (Å²) in [5.74, 6) is 0.653. The number of benzene rings is 1. The summed E-state index contributed by atoms with van der Waals surface area (Å²) in [6, 6.07) is 8.91. The Bertz CT molecular complexity index is 375. The van der Waals surface area contributed by atoms with Crippen LogP contribution in [0.25, 0.3) is 0 Å². The second-order valence-corrected chi connectivity index (χ2v) is 5.64. The van der Waals surface area contributed by atoms with E-state index >= 15 is 0 Å². The lowest BCUT2D eigenvalue weighted by Crippen LogP contribution is -2.43. The Labute approximate surface area is 115 Å². The van der Waals surface area contributed by atoms with E-state index in [1.165, 1.54) is 18.4 Å². The van der Waals surface area contributed by atoms with Gasteiger partial charge < -0.3 is 10.2 Å². The molecule has 1 saturated carbocycles. The number of hydrogen-bond acceptors (Lipinski definition) is 2. The molecule has 0 atom stereocenters. The molecule has 0 bridgehead atoms. The molecule has 100 valence electrons. The van der Waals surface area contributed by atoms with Crippen molar-refractivity contribution in [2.24, 2.45) is 0 Å². The predicted octanol–water partition coefficient (Wildman–Crippen LogP) is 3.13. The molecule has 0 spiro atoms. The van der Waals surface area contributed by atoms with E-state index in [1.54, 1.807) is 0 Å². The Balaban J connectivity index is 1.70. The van der Waals surface area contributed by atoms with Gasteiger partial charge in [-0.2, -0.15) is 0 Å². The van der Waals surface area contributed by atoms with Crippen molar-refractivity contribution in [3.05, 3.63) is 34.9 Å². The molecule has 0 saturated heterocycles. The molecule has 3 heteroatoms. The van der Waals surface area contributed by atoms with Crippen molar-refractivity contribution in [3.63, 3.8) is 0 Å². The fourth-order valence-corrected chi connectivity index (χ4v) is 2.75. The molecule has 0 radical (unpaired) electrons. The van der Waals surface area contributed by atoms with E-state index in [0.29, 0.717) is 12.0 Å². The highest BCUT2D eigenvalue weighted by Crippen LogP contribution is 2.39. The zero-order valence-corrected chi connectivity index (χ0v) is 12.1. The first-order valence-electron chi connectivity index (χ1n) is 6.87. The maximum absolute atomic E-state index is 6.22. The minimum absolute atomic E-state index is 0.653. The first-order valence-corrected chi connectivity index (χ1v) is 7.24. The largest absolute Gasteiger partial charge is 0.313 e. The van der Waals surface area contributed by atoms with Gasteiger partial charge in [0.25, 0.3) is 0 Å². The highest BCUT2D eigenvalue weighted by Gasteiger charge is 2.30. The van der Waals surface area contributed by atoms with Gasteiger partial charge in [-0.05, 0) is 44.0 Å². The van der Waals surface area contributed by atoms with Crippen molar-refractivity contribution in [2.45, 2.75) is 31.7 Å². The van der Waals surface area contributed by atoms with E-state index in [9.17, 15) is 0 Å². The van der Waals surface area contributed by atoms with Gasteiger partial charge in [0.1, 0.15) is 0 Å². The van der Waals surface area contributed by atoms with Crippen LogP contribution in [-0.2, 0) is 0 Å². The van der Waals surface area contributed by atoms with Crippen LogP contribution in [-0.4, -0.2) is 37.6 Å². The molecular weight excluding hydrogens is 244 g/mol. The van der Waals surface area contributed by atoms with Crippen molar-refractivity contribution in [3.8, 4) is 0 Å². The molecule has 0 heterocycles. The zero-order chi connectivity index (χ0) is 13.0. The summed E-state index contributed by atoms with van der Waals surface area (Å²) in [6.07, 6.45) is 2.44. The first kappa shape index (κ1) is 13.9. The molecule has 1 aromatic carbocycles. The van der Waals surface area contributed by atoms with Crippen molar-refractivity contribution in [2.75, 3.05) is 26.7 Å².